The van der Waals surface area contributed by atoms with E-state index in [0.717, 1.165) is 17.1 Å². The molecule has 4 heteroatoms. The quantitative estimate of drug-likeness (QED) is 0.530. The van der Waals surface area contributed by atoms with Gasteiger partial charge >= 0.3 is 0 Å². The average Bonchev–Trinajstić information content (AvgIpc) is 3.01. The Balaban J connectivity index is 1.67. The number of aromatic nitrogens is 1. The van der Waals surface area contributed by atoms with Crippen LogP contribution in [-0.4, -0.2) is 6.54 Å². The number of rotatable bonds is 3. The highest BCUT2D eigenvalue weighted by molar-refractivity contribution is 8.03. The fourth-order valence-corrected chi connectivity index (χ4v) is 4.59. The molecule has 2 nitrogen and oxygen atoms in total. The molecule has 0 fully saturated rings. The summed E-state index contributed by atoms with van der Waals surface area (Å²) in [5.41, 5.74) is 3.62. The zero-order valence-corrected chi connectivity index (χ0v) is 16.4. The molecule has 1 aromatic heterocycles. The number of anilines is 1. The van der Waals surface area contributed by atoms with E-state index in [4.69, 9.17) is 11.6 Å². The lowest BCUT2D eigenvalue weighted by Crippen LogP contribution is -2.28. The lowest BCUT2D eigenvalue weighted by Gasteiger charge is -2.17. The molecule has 0 unspecified atom stereocenters. The minimum Gasteiger partial charge on any atom is -0.335 e. The summed E-state index contributed by atoms with van der Waals surface area (Å²) < 4.78 is 2.10. The Labute approximate surface area is 163 Å². The first kappa shape index (κ1) is 17.2. The highest BCUT2D eigenvalue weighted by Gasteiger charge is 2.22. The van der Waals surface area contributed by atoms with Crippen molar-refractivity contribution in [2.24, 2.45) is 7.05 Å². The summed E-state index contributed by atoms with van der Waals surface area (Å²) >= 11 is 7.99. The number of fused-ring (bicyclic) bond motifs is 2. The summed E-state index contributed by atoms with van der Waals surface area (Å²) in [6.45, 7) is 3.15. The van der Waals surface area contributed by atoms with Crippen molar-refractivity contribution in [3.05, 3.63) is 82.5 Å². The molecule has 0 saturated carbocycles. The van der Waals surface area contributed by atoms with Crippen molar-refractivity contribution in [3.63, 3.8) is 0 Å². The zero-order valence-electron chi connectivity index (χ0n) is 14.8. The molecule has 0 atom stereocenters. The lowest BCUT2D eigenvalue weighted by atomic mass is 10.1. The molecule has 0 radical (unpaired) electrons. The molecule has 0 saturated heterocycles. The van der Waals surface area contributed by atoms with Gasteiger partial charge in [0.15, 0.2) is 6.20 Å². The van der Waals surface area contributed by atoms with Crippen LogP contribution in [0, 0.1) is 0 Å². The van der Waals surface area contributed by atoms with Gasteiger partial charge in [-0.05, 0) is 42.8 Å². The Bertz CT molecular complexity index is 1040. The van der Waals surface area contributed by atoms with E-state index in [1.807, 2.05) is 30.9 Å². The van der Waals surface area contributed by atoms with Crippen LogP contribution >= 0.6 is 23.4 Å². The number of hydrogen-bond donors (Lipinski definition) is 0. The largest absolute Gasteiger partial charge is 0.335 e. The average molecular weight is 380 g/mol. The number of nitrogens with zero attached hydrogens (tertiary/aromatic N) is 2. The first-order chi connectivity index (χ1) is 12.7. The second-order valence-corrected chi connectivity index (χ2v) is 7.72. The molecule has 0 amide bonds. The minimum absolute atomic E-state index is 0.759. The van der Waals surface area contributed by atoms with Crippen LogP contribution in [0.4, 0.5) is 5.69 Å². The Morgan fingerprint density at radius 3 is 2.85 bits per heavy atom. The summed E-state index contributed by atoms with van der Waals surface area (Å²) in [5.74, 6) is 0. The van der Waals surface area contributed by atoms with E-state index in [9.17, 15) is 0 Å². The molecule has 3 aromatic rings. The third-order valence-corrected chi connectivity index (χ3v) is 5.96. The maximum Gasteiger partial charge on any atom is 0.214 e. The number of para-hydroxylation sites is 1. The van der Waals surface area contributed by atoms with Crippen LogP contribution in [0.1, 0.15) is 12.5 Å². The van der Waals surface area contributed by atoms with Crippen LogP contribution in [0.25, 0.3) is 17.0 Å². The first-order valence-electron chi connectivity index (χ1n) is 8.68. The molecule has 2 aromatic carbocycles. The van der Waals surface area contributed by atoms with Crippen LogP contribution in [0.3, 0.4) is 0 Å². The van der Waals surface area contributed by atoms with Gasteiger partial charge in [0.25, 0.3) is 0 Å². The third-order valence-electron chi connectivity index (χ3n) is 4.60. The second kappa shape index (κ2) is 7.18. The van der Waals surface area contributed by atoms with Gasteiger partial charge in [0.1, 0.15) is 7.05 Å². The molecule has 0 aliphatic carbocycles. The Hall–Kier alpha value is -2.23. The minimum atomic E-state index is 0.759. The Morgan fingerprint density at radius 2 is 2.00 bits per heavy atom. The predicted molar refractivity (Wildman–Crippen MR) is 113 cm³/mol. The van der Waals surface area contributed by atoms with Crippen molar-refractivity contribution < 1.29 is 4.57 Å². The third kappa shape index (κ3) is 3.13. The van der Waals surface area contributed by atoms with Gasteiger partial charge in [-0.15, -0.1) is 0 Å². The van der Waals surface area contributed by atoms with Gasteiger partial charge in [-0.2, -0.15) is 0 Å². The number of allylic oxidation sites excluding steroid dienone is 2. The van der Waals surface area contributed by atoms with Gasteiger partial charge in [-0.25, -0.2) is 4.57 Å². The van der Waals surface area contributed by atoms with Crippen molar-refractivity contribution >= 4 is 46.0 Å². The lowest BCUT2D eigenvalue weighted by molar-refractivity contribution is -0.644. The number of aryl methyl sites for hydroxylation is 1. The van der Waals surface area contributed by atoms with Gasteiger partial charge in [0.05, 0.1) is 16.1 Å². The van der Waals surface area contributed by atoms with E-state index in [1.165, 1.54) is 26.6 Å². The fourth-order valence-electron chi connectivity index (χ4n) is 3.29. The number of halogens is 1. The van der Waals surface area contributed by atoms with Gasteiger partial charge in [-0.3, -0.25) is 0 Å². The molecule has 0 spiro atoms. The molecule has 130 valence electrons. The maximum absolute atomic E-state index is 6.16. The highest BCUT2D eigenvalue weighted by Crippen LogP contribution is 2.45. The summed E-state index contributed by atoms with van der Waals surface area (Å²) in [5, 5.41) is 3.22. The molecular weight excluding hydrogens is 360 g/mol. The first-order valence-corrected chi connectivity index (χ1v) is 9.87. The fraction of sp³-hybridized carbons (Fsp3) is 0.136. The highest BCUT2D eigenvalue weighted by atomic mass is 35.5. The van der Waals surface area contributed by atoms with Crippen molar-refractivity contribution in [2.75, 3.05) is 11.4 Å². The molecular formula is C22H20ClN2S+. The molecule has 4 rings (SSSR count). The van der Waals surface area contributed by atoms with Crippen LogP contribution in [0.2, 0.25) is 5.02 Å². The number of pyridine rings is 1. The zero-order chi connectivity index (χ0) is 18.1. The van der Waals surface area contributed by atoms with Crippen LogP contribution in [0.5, 0.6) is 0 Å². The summed E-state index contributed by atoms with van der Waals surface area (Å²) in [4.78, 5) is 3.67. The Morgan fingerprint density at radius 1 is 1.15 bits per heavy atom. The Kier molecular flexibility index (Phi) is 4.75. The normalized spacial score (nSPS) is 15.3. The van der Waals surface area contributed by atoms with Crippen LogP contribution in [-0.2, 0) is 7.05 Å². The van der Waals surface area contributed by atoms with Crippen molar-refractivity contribution in [1.29, 1.82) is 0 Å². The van der Waals surface area contributed by atoms with Gasteiger partial charge in [-0.1, -0.05) is 47.6 Å². The predicted octanol–water partition coefficient (Wildman–Crippen LogP) is 5.80. The van der Waals surface area contributed by atoms with E-state index in [1.54, 1.807) is 0 Å². The van der Waals surface area contributed by atoms with E-state index >= 15 is 0 Å². The van der Waals surface area contributed by atoms with Crippen LogP contribution < -0.4 is 9.47 Å². The van der Waals surface area contributed by atoms with E-state index < -0.39 is 0 Å². The summed E-state index contributed by atoms with van der Waals surface area (Å²) in [6, 6.07) is 16.7. The molecule has 2 heterocycles. The maximum atomic E-state index is 6.16. The van der Waals surface area contributed by atoms with Crippen LogP contribution in [0.15, 0.2) is 76.8 Å². The standard InChI is InChI=1S/C22H20ClN2S/c1-3-25-19-8-4-5-9-21(19)26-22(25)10-6-7-16-13-14-24(2)20-15-17(23)11-12-18(16)20/h4-15H,3H2,1-2H3/q+1. The van der Waals surface area contributed by atoms with E-state index in [2.05, 4.69) is 77.2 Å². The summed E-state index contributed by atoms with van der Waals surface area (Å²) in [7, 11) is 2.04. The van der Waals surface area contributed by atoms with Crippen molar-refractivity contribution in [3.8, 4) is 0 Å². The van der Waals surface area contributed by atoms with Crippen molar-refractivity contribution in [1.82, 2.24) is 0 Å². The summed E-state index contributed by atoms with van der Waals surface area (Å²) in [6.07, 6.45) is 8.58. The number of hydrogen-bond acceptors (Lipinski definition) is 2. The van der Waals surface area contributed by atoms with Gasteiger partial charge in [0.2, 0.25) is 5.52 Å². The van der Waals surface area contributed by atoms with Gasteiger partial charge < -0.3 is 4.90 Å². The van der Waals surface area contributed by atoms with Crippen molar-refractivity contribution in [2.45, 2.75) is 11.8 Å². The number of benzene rings is 2. The molecule has 1 aliphatic rings. The molecule has 0 N–H and O–H groups in total. The second-order valence-electron chi connectivity index (χ2n) is 6.22. The van der Waals surface area contributed by atoms with Gasteiger partial charge in [0, 0.05) is 28.6 Å². The smallest absolute Gasteiger partial charge is 0.214 e. The molecule has 1 aliphatic heterocycles. The molecule has 0 bridgehead atoms. The topological polar surface area (TPSA) is 7.12 Å². The SMILES string of the molecule is CCN1C(=CC=Cc2cc[n+](C)c3cc(Cl)ccc23)Sc2ccccc21. The van der Waals surface area contributed by atoms with E-state index in [-0.39, 0.29) is 0 Å². The molecule has 26 heavy (non-hydrogen) atoms. The number of thioether (sulfide) groups is 1. The van der Waals surface area contributed by atoms with E-state index in [0.29, 0.717) is 0 Å². The monoisotopic (exact) mass is 379 g/mol.